The molecule has 0 spiro atoms. The van der Waals surface area contributed by atoms with Crippen LogP contribution in [0.4, 0.5) is 0 Å². The minimum Gasteiger partial charge on any atom is -0.356 e. The lowest BCUT2D eigenvalue weighted by molar-refractivity contribution is -0.124. The fourth-order valence-electron chi connectivity index (χ4n) is 1.79. The van der Waals surface area contributed by atoms with Gasteiger partial charge in [-0.1, -0.05) is 13.3 Å². The zero-order valence-electron chi connectivity index (χ0n) is 12.8. The summed E-state index contributed by atoms with van der Waals surface area (Å²) in [5.74, 6) is 0.352. The second kappa shape index (κ2) is 10.3. The molecule has 0 aliphatic carbocycles. The van der Waals surface area contributed by atoms with Crippen LogP contribution in [0.3, 0.4) is 0 Å². The van der Waals surface area contributed by atoms with Crippen molar-refractivity contribution >= 4 is 5.91 Å². The highest BCUT2D eigenvalue weighted by atomic mass is 16.1. The third kappa shape index (κ3) is 10.5. The molecule has 0 saturated carbocycles. The molecule has 1 atom stereocenters. The van der Waals surface area contributed by atoms with E-state index in [-0.39, 0.29) is 11.8 Å². The van der Waals surface area contributed by atoms with Gasteiger partial charge in [-0.2, -0.15) is 0 Å². The molecule has 1 unspecified atom stereocenters. The lowest BCUT2D eigenvalue weighted by Gasteiger charge is -2.14. The van der Waals surface area contributed by atoms with E-state index in [2.05, 4.69) is 43.3 Å². The van der Waals surface area contributed by atoms with Crippen molar-refractivity contribution in [3.63, 3.8) is 0 Å². The molecule has 4 heteroatoms. The number of unbranched alkanes of at least 4 members (excludes halogenated alkanes) is 1. The molecule has 0 saturated heterocycles. The molecule has 18 heavy (non-hydrogen) atoms. The van der Waals surface area contributed by atoms with Gasteiger partial charge in [0.15, 0.2) is 0 Å². The SMILES string of the molecule is CC(CCCCN(C)C)C(=O)NCCCN(C)C. The van der Waals surface area contributed by atoms with Crippen LogP contribution < -0.4 is 5.32 Å². The van der Waals surface area contributed by atoms with Gasteiger partial charge in [0.2, 0.25) is 5.91 Å². The summed E-state index contributed by atoms with van der Waals surface area (Å²) in [7, 11) is 8.27. The first-order valence-corrected chi connectivity index (χ1v) is 7.00. The highest BCUT2D eigenvalue weighted by molar-refractivity contribution is 5.78. The van der Waals surface area contributed by atoms with Gasteiger partial charge >= 0.3 is 0 Å². The van der Waals surface area contributed by atoms with Crippen molar-refractivity contribution < 1.29 is 4.79 Å². The van der Waals surface area contributed by atoms with E-state index in [9.17, 15) is 4.79 Å². The molecule has 0 aromatic heterocycles. The number of nitrogens with one attached hydrogen (secondary N) is 1. The average molecular weight is 257 g/mol. The number of carbonyl (C=O) groups excluding carboxylic acids is 1. The maximum atomic E-state index is 11.8. The lowest BCUT2D eigenvalue weighted by Crippen LogP contribution is -2.31. The first-order valence-electron chi connectivity index (χ1n) is 7.00. The molecule has 1 N–H and O–H groups in total. The van der Waals surface area contributed by atoms with Gasteiger partial charge in [-0.3, -0.25) is 4.79 Å². The Hall–Kier alpha value is -0.610. The van der Waals surface area contributed by atoms with E-state index in [0.717, 1.165) is 38.9 Å². The number of rotatable bonds is 10. The molecule has 0 bridgehead atoms. The van der Waals surface area contributed by atoms with Gasteiger partial charge < -0.3 is 15.1 Å². The highest BCUT2D eigenvalue weighted by Crippen LogP contribution is 2.08. The van der Waals surface area contributed by atoms with Crippen LogP contribution >= 0.6 is 0 Å². The second-order valence-electron chi connectivity index (χ2n) is 5.65. The van der Waals surface area contributed by atoms with Crippen molar-refractivity contribution in [1.82, 2.24) is 15.1 Å². The molecule has 0 aliphatic rings. The summed E-state index contributed by atoms with van der Waals surface area (Å²) in [5.41, 5.74) is 0. The third-order valence-corrected chi connectivity index (χ3v) is 3.02. The van der Waals surface area contributed by atoms with Gasteiger partial charge in [0.25, 0.3) is 0 Å². The van der Waals surface area contributed by atoms with Gasteiger partial charge in [-0.25, -0.2) is 0 Å². The van der Waals surface area contributed by atoms with Crippen molar-refractivity contribution in [2.24, 2.45) is 5.92 Å². The molecule has 0 heterocycles. The van der Waals surface area contributed by atoms with Gasteiger partial charge in [-0.15, -0.1) is 0 Å². The summed E-state index contributed by atoms with van der Waals surface area (Å²) >= 11 is 0. The van der Waals surface area contributed by atoms with Crippen molar-refractivity contribution in [3.05, 3.63) is 0 Å². The molecule has 4 nitrogen and oxygen atoms in total. The van der Waals surface area contributed by atoms with Crippen molar-refractivity contribution in [2.75, 3.05) is 47.8 Å². The third-order valence-electron chi connectivity index (χ3n) is 3.02. The normalized spacial score (nSPS) is 13.1. The molecular weight excluding hydrogens is 226 g/mol. The maximum absolute atomic E-state index is 11.8. The van der Waals surface area contributed by atoms with Crippen molar-refractivity contribution in [2.45, 2.75) is 32.6 Å². The minimum absolute atomic E-state index is 0.145. The predicted molar refractivity (Wildman–Crippen MR) is 77.7 cm³/mol. The van der Waals surface area contributed by atoms with E-state index in [1.165, 1.54) is 6.42 Å². The molecule has 0 rings (SSSR count). The Morgan fingerprint density at radius 3 is 2.11 bits per heavy atom. The monoisotopic (exact) mass is 257 g/mol. The summed E-state index contributed by atoms with van der Waals surface area (Å²) in [6.07, 6.45) is 4.31. The number of nitrogens with zero attached hydrogens (tertiary/aromatic N) is 2. The van der Waals surface area contributed by atoms with E-state index in [0.29, 0.717) is 0 Å². The fourth-order valence-corrected chi connectivity index (χ4v) is 1.79. The van der Waals surface area contributed by atoms with E-state index in [1.807, 2.05) is 6.92 Å². The number of hydrogen-bond acceptors (Lipinski definition) is 3. The molecular formula is C14H31N3O. The van der Waals surface area contributed by atoms with E-state index >= 15 is 0 Å². The van der Waals surface area contributed by atoms with Crippen LogP contribution in [-0.2, 0) is 4.79 Å². The second-order valence-corrected chi connectivity index (χ2v) is 5.65. The van der Waals surface area contributed by atoms with Crippen LogP contribution in [0.5, 0.6) is 0 Å². The summed E-state index contributed by atoms with van der Waals surface area (Å²) in [6, 6.07) is 0. The van der Waals surface area contributed by atoms with Gasteiger partial charge in [0.1, 0.15) is 0 Å². The number of carbonyl (C=O) groups is 1. The zero-order chi connectivity index (χ0) is 14.0. The Balaban J connectivity index is 3.51. The highest BCUT2D eigenvalue weighted by Gasteiger charge is 2.11. The fraction of sp³-hybridized carbons (Fsp3) is 0.929. The smallest absolute Gasteiger partial charge is 0.222 e. The zero-order valence-corrected chi connectivity index (χ0v) is 12.8. The predicted octanol–water partition coefficient (Wildman–Crippen LogP) is 1.42. The summed E-state index contributed by atoms with van der Waals surface area (Å²) in [6.45, 7) is 4.95. The Morgan fingerprint density at radius 2 is 1.56 bits per heavy atom. The van der Waals surface area contributed by atoms with E-state index < -0.39 is 0 Å². The Kier molecular flexibility index (Phi) is 9.98. The van der Waals surface area contributed by atoms with Gasteiger partial charge in [-0.05, 0) is 60.5 Å². The van der Waals surface area contributed by atoms with Crippen LogP contribution in [0.1, 0.15) is 32.6 Å². The van der Waals surface area contributed by atoms with Crippen LogP contribution in [0, 0.1) is 5.92 Å². The number of hydrogen-bond donors (Lipinski definition) is 1. The summed E-state index contributed by atoms with van der Waals surface area (Å²) < 4.78 is 0. The van der Waals surface area contributed by atoms with Crippen LogP contribution in [0.2, 0.25) is 0 Å². The standard InChI is InChI=1S/C14H31N3O/c1-13(9-6-7-11-16(2)3)14(18)15-10-8-12-17(4)5/h13H,6-12H2,1-5H3,(H,15,18). The first kappa shape index (κ1) is 17.4. The largest absolute Gasteiger partial charge is 0.356 e. The summed E-state index contributed by atoms with van der Waals surface area (Å²) in [5, 5.41) is 3.01. The van der Waals surface area contributed by atoms with Gasteiger partial charge in [0.05, 0.1) is 0 Å². The van der Waals surface area contributed by atoms with Crippen LogP contribution in [0.25, 0.3) is 0 Å². The molecule has 0 fully saturated rings. The van der Waals surface area contributed by atoms with E-state index in [1.54, 1.807) is 0 Å². The molecule has 1 amide bonds. The van der Waals surface area contributed by atoms with E-state index in [4.69, 9.17) is 0 Å². The maximum Gasteiger partial charge on any atom is 0.222 e. The topological polar surface area (TPSA) is 35.6 Å². The molecule has 0 aliphatic heterocycles. The van der Waals surface area contributed by atoms with Crippen LogP contribution in [-0.4, -0.2) is 63.5 Å². The molecule has 0 aromatic carbocycles. The van der Waals surface area contributed by atoms with Crippen molar-refractivity contribution in [1.29, 1.82) is 0 Å². The molecule has 0 aromatic rings. The Morgan fingerprint density at radius 1 is 1.00 bits per heavy atom. The van der Waals surface area contributed by atoms with Crippen LogP contribution in [0.15, 0.2) is 0 Å². The summed E-state index contributed by atoms with van der Waals surface area (Å²) in [4.78, 5) is 16.1. The van der Waals surface area contributed by atoms with Crippen molar-refractivity contribution in [3.8, 4) is 0 Å². The Bertz CT molecular complexity index is 217. The lowest BCUT2D eigenvalue weighted by atomic mass is 10.0. The molecule has 108 valence electrons. The quantitative estimate of drug-likeness (QED) is 0.601. The average Bonchev–Trinajstić information content (AvgIpc) is 2.29. The Labute approximate surface area is 113 Å². The minimum atomic E-state index is 0.145. The van der Waals surface area contributed by atoms with Gasteiger partial charge in [0, 0.05) is 12.5 Å². The number of amides is 1. The molecule has 0 radical (unpaired) electrons. The first-order chi connectivity index (χ1) is 8.43.